The van der Waals surface area contributed by atoms with E-state index in [1.807, 2.05) is 30.5 Å². The van der Waals surface area contributed by atoms with Crippen molar-refractivity contribution in [3.63, 3.8) is 0 Å². The first-order valence-corrected chi connectivity index (χ1v) is 9.14. The summed E-state index contributed by atoms with van der Waals surface area (Å²) < 4.78 is 5.39. The fraction of sp³-hybridized carbons (Fsp3) is 0.500. The highest BCUT2D eigenvalue weighted by molar-refractivity contribution is 5.77. The van der Waals surface area contributed by atoms with Gasteiger partial charge in [0, 0.05) is 30.6 Å². The molecule has 2 heterocycles. The third-order valence-corrected chi connectivity index (χ3v) is 5.85. The molecule has 2 aliphatic rings. The van der Waals surface area contributed by atoms with E-state index in [1.165, 1.54) is 11.3 Å². The molecule has 1 aromatic carbocycles. The Morgan fingerprint density at radius 3 is 3.12 bits per heavy atom. The van der Waals surface area contributed by atoms with E-state index in [4.69, 9.17) is 4.74 Å². The number of aromatic nitrogens is 2. The summed E-state index contributed by atoms with van der Waals surface area (Å²) in [5.41, 5.74) is 3.81. The van der Waals surface area contributed by atoms with Crippen LogP contribution in [0.15, 0.2) is 30.5 Å². The number of methoxy groups -OCH3 is 1. The van der Waals surface area contributed by atoms with Gasteiger partial charge in [-0.1, -0.05) is 18.2 Å². The maximum Gasteiger partial charge on any atom is 0.222 e. The number of likely N-dealkylation sites (tertiary alicyclic amines) is 1. The average Bonchev–Trinajstić information content (AvgIpc) is 3.25. The zero-order chi connectivity index (χ0) is 17.3. The van der Waals surface area contributed by atoms with Crippen molar-refractivity contribution < 1.29 is 9.53 Å². The van der Waals surface area contributed by atoms with Crippen LogP contribution in [0.2, 0.25) is 0 Å². The van der Waals surface area contributed by atoms with Crippen LogP contribution in [0, 0.1) is 0 Å². The second-order valence-electron chi connectivity index (χ2n) is 7.28. The topological polar surface area (TPSA) is 58.2 Å². The van der Waals surface area contributed by atoms with Crippen molar-refractivity contribution in [2.24, 2.45) is 0 Å². The molecule has 2 aromatic rings. The third-order valence-electron chi connectivity index (χ3n) is 5.85. The first kappa shape index (κ1) is 16.2. The summed E-state index contributed by atoms with van der Waals surface area (Å²) in [5.74, 6) is 1.11. The van der Waals surface area contributed by atoms with Crippen LogP contribution in [-0.4, -0.2) is 41.2 Å². The molecule has 1 aromatic heterocycles. The highest BCUT2D eigenvalue weighted by Gasteiger charge is 2.44. The zero-order valence-electron chi connectivity index (χ0n) is 14.8. The van der Waals surface area contributed by atoms with Crippen molar-refractivity contribution in [2.45, 2.75) is 43.9 Å². The standard InChI is InChI=1S/C20H25N3O2/c1-25-17-6-3-2-5-15(17)7-8-18(24)23-12-4-10-20(14-23)11-9-16-13-21-22-19(16)20/h2-3,5-6,13H,4,7-12,14H2,1H3,(H,21,22). The molecule has 1 spiro atoms. The van der Waals surface area contributed by atoms with E-state index in [2.05, 4.69) is 15.1 Å². The quantitative estimate of drug-likeness (QED) is 0.932. The van der Waals surface area contributed by atoms with Crippen LogP contribution >= 0.6 is 0 Å². The van der Waals surface area contributed by atoms with Crippen molar-refractivity contribution >= 4 is 5.91 Å². The number of H-pyrrole nitrogens is 1. The maximum absolute atomic E-state index is 12.8. The van der Waals surface area contributed by atoms with Crippen molar-refractivity contribution in [1.82, 2.24) is 15.1 Å². The monoisotopic (exact) mass is 339 g/mol. The largest absolute Gasteiger partial charge is 0.496 e. The van der Waals surface area contributed by atoms with E-state index in [0.29, 0.717) is 6.42 Å². The number of hydrogen-bond donors (Lipinski definition) is 1. The Labute approximate surface area is 148 Å². The number of aromatic amines is 1. The van der Waals surface area contributed by atoms with Gasteiger partial charge in [0.05, 0.1) is 13.3 Å². The van der Waals surface area contributed by atoms with Crippen LogP contribution in [0.5, 0.6) is 5.75 Å². The number of rotatable bonds is 4. The average molecular weight is 339 g/mol. The number of benzene rings is 1. The highest BCUT2D eigenvalue weighted by Crippen LogP contribution is 2.43. The van der Waals surface area contributed by atoms with E-state index in [-0.39, 0.29) is 11.3 Å². The first-order chi connectivity index (χ1) is 12.2. The van der Waals surface area contributed by atoms with Crippen LogP contribution in [0.25, 0.3) is 0 Å². The number of nitrogens with one attached hydrogen (secondary N) is 1. The predicted octanol–water partition coefficient (Wildman–Crippen LogP) is 2.86. The molecular formula is C20H25N3O2. The molecule has 5 heteroatoms. The van der Waals surface area contributed by atoms with E-state index in [0.717, 1.165) is 56.5 Å². The molecule has 5 nitrogen and oxygen atoms in total. The number of nitrogens with zero attached hydrogens (tertiary/aromatic N) is 2. The molecule has 4 rings (SSSR count). The summed E-state index contributed by atoms with van der Waals surface area (Å²) in [7, 11) is 1.68. The maximum atomic E-state index is 12.8. The fourth-order valence-electron chi connectivity index (χ4n) is 4.52. The molecule has 25 heavy (non-hydrogen) atoms. The molecule has 0 bridgehead atoms. The molecule has 0 saturated carbocycles. The van der Waals surface area contributed by atoms with E-state index in [9.17, 15) is 4.79 Å². The number of carbonyl (C=O) groups is 1. The summed E-state index contributed by atoms with van der Waals surface area (Å²) >= 11 is 0. The highest BCUT2D eigenvalue weighted by atomic mass is 16.5. The summed E-state index contributed by atoms with van der Waals surface area (Å²) in [6, 6.07) is 7.95. The van der Waals surface area contributed by atoms with Gasteiger partial charge in [0.2, 0.25) is 5.91 Å². The molecule has 1 atom stereocenters. The molecule has 1 fully saturated rings. The van der Waals surface area contributed by atoms with Gasteiger partial charge in [0.15, 0.2) is 0 Å². The SMILES string of the molecule is COc1ccccc1CCC(=O)N1CCCC2(CCc3cn[nH]c32)C1. The molecule has 1 N–H and O–H groups in total. The normalized spacial score (nSPS) is 22.2. The van der Waals surface area contributed by atoms with Crippen LogP contribution in [0.4, 0.5) is 0 Å². The molecule has 1 aliphatic heterocycles. The minimum atomic E-state index is 0.101. The Hall–Kier alpha value is -2.30. The number of piperidine rings is 1. The molecule has 1 aliphatic carbocycles. The smallest absolute Gasteiger partial charge is 0.222 e. The Morgan fingerprint density at radius 1 is 1.36 bits per heavy atom. The molecule has 1 saturated heterocycles. The van der Waals surface area contributed by atoms with Gasteiger partial charge in [-0.3, -0.25) is 9.89 Å². The predicted molar refractivity (Wildman–Crippen MR) is 95.7 cm³/mol. The molecule has 0 radical (unpaired) electrons. The van der Waals surface area contributed by atoms with Gasteiger partial charge in [-0.25, -0.2) is 0 Å². The Morgan fingerprint density at radius 2 is 2.24 bits per heavy atom. The lowest BCUT2D eigenvalue weighted by Crippen LogP contribution is -2.47. The number of amides is 1. The van der Waals surface area contributed by atoms with Crippen molar-refractivity contribution in [3.05, 3.63) is 47.3 Å². The van der Waals surface area contributed by atoms with Crippen LogP contribution in [-0.2, 0) is 23.1 Å². The second-order valence-corrected chi connectivity index (χ2v) is 7.28. The summed E-state index contributed by atoms with van der Waals surface area (Å²) in [5, 5.41) is 7.42. The van der Waals surface area contributed by atoms with Gasteiger partial charge >= 0.3 is 0 Å². The Bertz CT molecular complexity index is 770. The van der Waals surface area contributed by atoms with Gasteiger partial charge in [-0.2, -0.15) is 5.10 Å². The first-order valence-electron chi connectivity index (χ1n) is 9.14. The van der Waals surface area contributed by atoms with E-state index in [1.54, 1.807) is 7.11 Å². The van der Waals surface area contributed by atoms with Gasteiger partial charge in [0.1, 0.15) is 5.75 Å². The number of hydrogen-bond acceptors (Lipinski definition) is 3. The number of aryl methyl sites for hydroxylation is 2. The van der Waals surface area contributed by atoms with Gasteiger partial charge in [0.25, 0.3) is 0 Å². The van der Waals surface area contributed by atoms with Gasteiger partial charge < -0.3 is 9.64 Å². The summed E-state index contributed by atoms with van der Waals surface area (Å²) in [6.45, 7) is 1.70. The van der Waals surface area contributed by atoms with E-state index < -0.39 is 0 Å². The lowest BCUT2D eigenvalue weighted by Gasteiger charge is -2.40. The fourth-order valence-corrected chi connectivity index (χ4v) is 4.52. The molecule has 1 unspecified atom stereocenters. The van der Waals surface area contributed by atoms with Gasteiger partial charge in [-0.15, -0.1) is 0 Å². The number of carbonyl (C=O) groups excluding carboxylic acids is 1. The van der Waals surface area contributed by atoms with Crippen molar-refractivity contribution in [2.75, 3.05) is 20.2 Å². The van der Waals surface area contributed by atoms with Crippen LogP contribution < -0.4 is 4.74 Å². The Balaban J connectivity index is 1.43. The van der Waals surface area contributed by atoms with Crippen molar-refractivity contribution in [3.8, 4) is 5.75 Å². The minimum absolute atomic E-state index is 0.101. The van der Waals surface area contributed by atoms with Crippen molar-refractivity contribution in [1.29, 1.82) is 0 Å². The third kappa shape index (κ3) is 2.92. The zero-order valence-corrected chi connectivity index (χ0v) is 14.8. The Kier molecular flexibility index (Phi) is 4.24. The van der Waals surface area contributed by atoms with E-state index >= 15 is 0 Å². The number of ether oxygens (including phenoxy) is 1. The minimum Gasteiger partial charge on any atom is -0.496 e. The van der Waals surface area contributed by atoms with Crippen LogP contribution in [0.3, 0.4) is 0 Å². The molecule has 1 amide bonds. The number of para-hydroxylation sites is 1. The second kappa shape index (κ2) is 6.54. The summed E-state index contributed by atoms with van der Waals surface area (Å²) in [6.07, 6.45) is 7.64. The molecule has 132 valence electrons. The number of fused-ring (bicyclic) bond motifs is 2. The lowest BCUT2D eigenvalue weighted by atomic mass is 9.77. The van der Waals surface area contributed by atoms with Gasteiger partial charge in [-0.05, 0) is 49.3 Å². The van der Waals surface area contributed by atoms with Crippen LogP contribution in [0.1, 0.15) is 42.5 Å². The molecular weight excluding hydrogens is 314 g/mol. The lowest BCUT2D eigenvalue weighted by molar-refractivity contribution is -0.133. The summed E-state index contributed by atoms with van der Waals surface area (Å²) in [4.78, 5) is 14.9.